The average molecular weight is 483 g/mol. The lowest BCUT2D eigenvalue weighted by Crippen LogP contribution is -2.52. The second-order valence-electron chi connectivity index (χ2n) is 6.81. The highest BCUT2D eigenvalue weighted by Crippen LogP contribution is 2.23. The van der Waals surface area contributed by atoms with Crippen LogP contribution in [0.5, 0.6) is 0 Å². The Balaban J connectivity index is 1.81. The van der Waals surface area contributed by atoms with Gasteiger partial charge < -0.3 is 8.86 Å². The molecule has 0 aliphatic carbocycles. The molecule has 0 bridgehead atoms. The van der Waals surface area contributed by atoms with Crippen LogP contribution in [0.4, 0.5) is 5.69 Å². The summed E-state index contributed by atoms with van der Waals surface area (Å²) >= 11 is -1.26. The molecule has 0 aliphatic heterocycles. The van der Waals surface area contributed by atoms with Crippen LogP contribution < -0.4 is 14.5 Å². The van der Waals surface area contributed by atoms with E-state index in [2.05, 4.69) is 4.72 Å². The van der Waals surface area contributed by atoms with E-state index in [0.717, 1.165) is 20.0 Å². The van der Waals surface area contributed by atoms with Gasteiger partial charge in [-0.05, 0) is 53.6 Å². The van der Waals surface area contributed by atoms with Crippen molar-refractivity contribution in [1.29, 1.82) is 0 Å². The summed E-state index contributed by atoms with van der Waals surface area (Å²) in [7, 11) is -4.05. The van der Waals surface area contributed by atoms with Crippen molar-refractivity contribution in [2.75, 3.05) is 10.8 Å². The lowest BCUT2D eigenvalue weighted by atomic mass is 10.2. The van der Waals surface area contributed by atoms with E-state index in [1.54, 1.807) is 24.3 Å². The van der Waals surface area contributed by atoms with Gasteiger partial charge in [0.2, 0.25) is 10.0 Å². The molecular weight excluding hydrogens is 462 g/mol. The van der Waals surface area contributed by atoms with Gasteiger partial charge in [0.05, 0.1) is 12.3 Å². The topological polar surface area (TPSA) is 139 Å². The van der Waals surface area contributed by atoms with Crippen LogP contribution in [-0.4, -0.2) is 40.9 Å². The third-order valence-corrected chi connectivity index (χ3v) is 7.45. The summed E-state index contributed by atoms with van der Waals surface area (Å²) in [6, 6.07) is 12.0. The number of nitrogens with one attached hydrogen (secondary N) is 2. The summed E-state index contributed by atoms with van der Waals surface area (Å²) in [5.74, 6) is -1.50. The fourth-order valence-electron chi connectivity index (χ4n) is 2.96. The highest BCUT2D eigenvalue weighted by molar-refractivity contribution is 7.88. The van der Waals surface area contributed by atoms with E-state index in [0.29, 0.717) is 5.56 Å². The minimum atomic E-state index is -4.05. The Hall–Kier alpha value is -2.35. The van der Waals surface area contributed by atoms with E-state index in [1.807, 2.05) is 24.4 Å². The monoisotopic (exact) mass is 482 g/mol. The smallest absolute Gasteiger partial charge is 0.263 e. The minimum Gasteiger partial charge on any atom is -0.755 e. The first-order valence-corrected chi connectivity index (χ1v) is 12.6. The Morgan fingerprint density at radius 2 is 1.94 bits per heavy atom. The molecule has 0 fully saturated rings. The highest BCUT2D eigenvalue weighted by Gasteiger charge is 2.27. The Labute approximate surface area is 186 Å². The first kappa shape index (κ1) is 23.3. The Morgan fingerprint density at radius 3 is 2.58 bits per heavy atom. The number of nitrogens with zero attached hydrogens (tertiary/aromatic N) is 1. The SMILES string of the molecule is Cc1ccc(N(CC(NS(=O)(=O)Cc2ccc3sccc3c2)C(=O)NO)S(=O)[O-])cc1. The zero-order valence-corrected chi connectivity index (χ0v) is 18.8. The summed E-state index contributed by atoms with van der Waals surface area (Å²) in [6.07, 6.45) is 0. The molecule has 2 aromatic carbocycles. The molecule has 0 saturated heterocycles. The third-order valence-electron chi connectivity index (χ3n) is 4.47. The molecule has 3 N–H and O–H groups in total. The van der Waals surface area contributed by atoms with Gasteiger partial charge in [-0.3, -0.25) is 14.2 Å². The maximum Gasteiger partial charge on any atom is 0.263 e. The summed E-state index contributed by atoms with van der Waals surface area (Å²) in [5, 5.41) is 11.8. The predicted octanol–water partition coefficient (Wildman–Crippen LogP) is 1.80. The van der Waals surface area contributed by atoms with Crippen LogP contribution in [-0.2, 0) is 31.8 Å². The molecule has 3 aromatic rings. The van der Waals surface area contributed by atoms with Crippen molar-refractivity contribution < 1.29 is 27.2 Å². The standard InChI is InChI=1S/C19H21N3O6S3/c1-13-2-5-16(6-3-13)22(30(25)26)11-17(19(23)20-24)21-31(27,28)12-14-4-7-18-15(10-14)8-9-29-18/h2-10,17,21,24H,11-12H2,1H3,(H,20,23)(H,25,26)/p-1. The van der Waals surface area contributed by atoms with Crippen molar-refractivity contribution in [2.45, 2.75) is 18.7 Å². The summed E-state index contributed by atoms with van der Waals surface area (Å²) in [5.41, 5.74) is 3.03. The van der Waals surface area contributed by atoms with Crippen LogP contribution in [0.3, 0.4) is 0 Å². The largest absolute Gasteiger partial charge is 0.755 e. The first-order chi connectivity index (χ1) is 14.7. The van der Waals surface area contributed by atoms with Gasteiger partial charge in [-0.2, -0.15) is 0 Å². The van der Waals surface area contributed by atoms with Crippen molar-refractivity contribution in [1.82, 2.24) is 10.2 Å². The van der Waals surface area contributed by atoms with Crippen molar-refractivity contribution in [3.8, 4) is 0 Å². The van der Waals surface area contributed by atoms with Gasteiger partial charge in [-0.15, -0.1) is 11.3 Å². The molecule has 9 nitrogen and oxygen atoms in total. The number of hydrogen-bond acceptors (Lipinski definition) is 7. The Kier molecular flexibility index (Phi) is 7.41. The van der Waals surface area contributed by atoms with Crippen LogP contribution in [0.25, 0.3) is 10.1 Å². The number of hydroxylamine groups is 1. The molecule has 31 heavy (non-hydrogen) atoms. The van der Waals surface area contributed by atoms with Gasteiger partial charge in [-0.25, -0.2) is 18.6 Å². The molecule has 12 heteroatoms. The Morgan fingerprint density at radius 1 is 1.23 bits per heavy atom. The van der Waals surface area contributed by atoms with E-state index in [9.17, 15) is 22.0 Å². The number of sulfonamides is 1. The second kappa shape index (κ2) is 9.85. The fraction of sp³-hybridized carbons (Fsp3) is 0.211. The zero-order valence-electron chi connectivity index (χ0n) is 16.3. The van der Waals surface area contributed by atoms with Crippen molar-refractivity contribution in [3.05, 3.63) is 65.0 Å². The summed E-state index contributed by atoms with van der Waals surface area (Å²) in [6.45, 7) is 1.28. The molecular formula is C19H20N3O6S3-. The number of thiophene rings is 1. The average Bonchev–Trinajstić information content (AvgIpc) is 3.18. The molecule has 0 saturated carbocycles. The van der Waals surface area contributed by atoms with Crippen molar-refractivity contribution in [3.63, 3.8) is 0 Å². The quantitative estimate of drug-likeness (QED) is 0.241. The van der Waals surface area contributed by atoms with Crippen molar-refractivity contribution in [2.24, 2.45) is 0 Å². The van der Waals surface area contributed by atoms with Crippen LogP contribution in [0.1, 0.15) is 11.1 Å². The Bertz CT molecular complexity index is 1190. The van der Waals surface area contributed by atoms with Crippen molar-refractivity contribution >= 4 is 54.3 Å². The number of anilines is 1. The van der Waals surface area contributed by atoms with E-state index < -0.39 is 45.5 Å². The number of carbonyl (C=O) groups is 1. The highest BCUT2D eigenvalue weighted by atomic mass is 32.2. The molecule has 166 valence electrons. The maximum atomic E-state index is 12.7. The summed E-state index contributed by atoms with van der Waals surface area (Å²) in [4.78, 5) is 12.1. The first-order valence-electron chi connectivity index (χ1n) is 9.02. The van der Waals surface area contributed by atoms with Crippen LogP contribution >= 0.6 is 11.3 Å². The molecule has 0 aliphatic rings. The van der Waals surface area contributed by atoms with Gasteiger partial charge in [0.25, 0.3) is 5.91 Å². The van der Waals surface area contributed by atoms with E-state index in [4.69, 9.17) is 5.21 Å². The molecule has 0 spiro atoms. The van der Waals surface area contributed by atoms with E-state index in [-0.39, 0.29) is 5.69 Å². The number of carbonyl (C=O) groups excluding carboxylic acids is 1. The normalized spacial score (nSPS) is 13.6. The molecule has 1 amide bonds. The van der Waals surface area contributed by atoms with Gasteiger partial charge in [-0.1, -0.05) is 23.8 Å². The number of amides is 1. The molecule has 2 unspecified atom stereocenters. The molecule has 2 atom stereocenters. The minimum absolute atomic E-state index is 0.247. The summed E-state index contributed by atoms with van der Waals surface area (Å²) < 4.78 is 52.9. The molecule has 0 radical (unpaired) electrons. The number of fused-ring (bicyclic) bond motifs is 1. The fourth-order valence-corrected chi connectivity index (χ4v) is 5.62. The predicted molar refractivity (Wildman–Crippen MR) is 119 cm³/mol. The lowest BCUT2D eigenvalue weighted by Gasteiger charge is -2.30. The van der Waals surface area contributed by atoms with Crippen LogP contribution in [0, 0.1) is 6.92 Å². The van der Waals surface area contributed by atoms with Gasteiger partial charge in [0, 0.05) is 21.7 Å². The molecule has 3 rings (SSSR count). The number of aryl methyl sites for hydroxylation is 1. The third kappa shape index (κ3) is 6.09. The number of benzene rings is 2. The van der Waals surface area contributed by atoms with E-state index in [1.165, 1.54) is 28.9 Å². The number of rotatable bonds is 9. The second-order valence-corrected chi connectivity index (χ2v) is 10.4. The van der Waals surface area contributed by atoms with Gasteiger partial charge in [0.15, 0.2) is 0 Å². The zero-order chi connectivity index (χ0) is 22.6. The number of hydrogen-bond donors (Lipinski definition) is 3. The van der Waals surface area contributed by atoms with Gasteiger partial charge in [0.1, 0.15) is 6.04 Å². The molecule has 1 aromatic heterocycles. The lowest BCUT2D eigenvalue weighted by molar-refractivity contribution is -0.130. The van der Waals surface area contributed by atoms with Crippen LogP contribution in [0.2, 0.25) is 0 Å². The van der Waals surface area contributed by atoms with E-state index >= 15 is 0 Å². The molecule has 1 heterocycles. The van der Waals surface area contributed by atoms with Gasteiger partial charge >= 0.3 is 0 Å². The van der Waals surface area contributed by atoms with Crippen LogP contribution in [0.15, 0.2) is 53.9 Å². The maximum absolute atomic E-state index is 12.7.